The minimum atomic E-state index is -0.860. The number of hydrogen-bond donors (Lipinski definition) is 2. The smallest absolute Gasteiger partial charge is 0.234 e. The Morgan fingerprint density at radius 1 is 1.45 bits per heavy atom. The van der Waals surface area contributed by atoms with E-state index in [1.807, 2.05) is 18.2 Å². The molecule has 0 unspecified atom stereocenters. The topological polar surface area (TPSA) is 65.5 Å². The molecule has 5 heteroatoms. The molecule has 5 nitrogen and oxygen atoms in total. The Balaban J connectivity index is 1.69. The van der Waals surface area contributed by atoms with E-state index in [4.69, 9.17) is 0 Å². The van der Waals surface area contributed by atoms with Crippen molar-refractivity contribution in [2.24, 2.45) is 0 Å². The van der Waals surface area contributed by atoms with Gasteiger partial charge in [-0.1, -0.05) is 12.1 Å². The highest BCUT2D eigenvalue weighted by molar-refractivity contribution is 5.78. The van der Waals surface area contributed by atoms with Gasteiger partial charge in [-0.25, -0.2) is 0 Å². The number of rotatable bonds is 5. The van der Waals surface area contributed by atoms with E-state index in [1.165, 1.54) is 0 Å². The van der Waals surface area contributed by atoms with Crippen LogP contribution in [0.15, 0.2) is 37.1 Å². The van der Waals surface area contributed by atoms with Gasteiger partial charge in [-0.05, 0) is 37.8 Å². The lowest BCUT2D eigenvalue weighted by molar-refractivity contribution is -0.125. The first-order valence-electron chi connectivity index (χ1n) is 7.89. The summed E-state index contributed by atoms with van der Waals surface area (Å²) in [6, 6.07) is 6.17. The minimum Gasteiger partial charge on any atom is -0.383 e. The molecule has 0 spiro atoms. The molecule has 2 aliphatic heterocycles. The zero-order chi connectivity index (χ0) is 15.6. The summed E-state index contributed by atoms with van der Waals surface area (Å²) in [4.78, 5) is 18.5. The molecule has 1 aromatic heterocycles. The monoisotopic (exact) mass is 301 g/mol. The molecule has 2 bridgehead atoms. The van der Waals surface area contributed by atoms with Crippen LogP contribution >= 0.6 is 0 Å². The molecule has 3 rings (SSSR count). The molecule has 2 fully saturated rings. The van der Waals surface area contributed by atoms with E-state index in [0.29, 0.717) is 25.9 Å². The maximum Gasteiger partial charge on any atom is 0.234 e. The Morgan fingerprint density at radius 2 is 2.18 bits per heavy atom. The molecule has 1 amide bonds. The summed E-state index contributed by atoms with van der Waals surface area (Å²) in [5, 5.41) is 13.8. The van der Waals surface area contributed by atoms with Gasteiger partial charge < -0.3 is 10.4 Å². The van der Waals surface area contributed by atoms with E-state index in [1.54, 1.807) is 12.3 Å². The highest BCUT2D eigenvalue weighted by atomic mass is 16.3. The number of aromatic nitrogens is 1. The molecule has 1 aromatic rings. The van der Waals surface area contributed by atoms with Crippen LogP contribution in [0, 0.1) is 0 Å². The minimum absolute atomic E-state index is 0.0278. The van der Waals surface area contributed by atoms with E-state index >= 15 is 0 Å². The summed E-state index contributed by atoms with van der Waals surface area (Å²) >= 11 is 0. The van der Waals surface area contributed by atoms with Gasteiger partial charge in [-0.2, -0.15) is 0 Å². The van der Waals surface area contributed by atoms with Crippen molar-refractivity contribution >= 4 is 5.91 Å². The second-order valence-corrected chi connectivity index (χ2v) is 6.30. The third-order valence-corrected chi connectivity index (χ3v) is 4.83. The second-order valence-electron chi connectivity index (χ2n) is 6.30. The summed E-state index contributed by atoms with van der Waals surface area (Å²) in [6.07, 6.45) is 6.78. The third kappa shape index (κ3) is 2.91. The summed E-state index contributed by atoms with van der Waals surface area (Å²) in [6.45, 7) is 4.51. The Bertz CT molecular complexity index is 532. The largest absolute Gasteiger partial charge is 0.383 e. The normalized spacial score (nSPS) is 31.0. The van der Waals surface area contributed by atoms with Crippen molar-refractivity contribution < 1.29 is 9.90 Å². The summed E-state index contributed by atoms with van der Waals surface area (Å²) in [5.74, 6) is 0.0278. The first-order chi connectivity index (χ1) is 10.6. The van der Waals surface area contributed by atoms with Crippen LogP contribution in [0.4, 0.5) is 0 Å². The molecule has 0 saturated carbocycles. The van der Waals surface area contributed by atoms with Crippen LogP contribution in [-0.4, -0.2) is 46.1 Å². The second kappa shape index (κ2) is 6.18. The maximum absolute atomic E-state index is 11.9. The standard InChI is InChI=1S/C17H23N3O2/c1-2-8-19-16(21)12-20-13-6-7-14(20)11-17(22,10-13)15-5-3-4-9-18-15/h2-5,9,13-14,22H,1,6-8,10-12H2,(H,19,21)/t13-,14-/m0/s1. The molecule has 0 aromatic carbocycles. The van der Waals surface area contributed by atoms with Gasteiger partial charge in [0.2, 0.25) is 5.91 Å². The predicted molar refractivity (Wildman–Crippen MR) is 84.1 cm³/mol. The molecular formula is C17H23N3O2. The molecule has 3 heterocycles. The van der Waals surface area contributed by atoms with Crippen molar-refractivity contribution in [1.29, 1.82) is 0 Å². The molecule has 118 valence electrons. The number of pyridine rings is 1. The van der Waals surface area contributed by atoms with Gasteiger partial charge in [0.25, 0.3) is 0 Å². The number of carbonyl (C=O) groups is 1. The van der Waals surface area contributed by atoms with Crippen LogP contribution in [0.2, 0.25) is 0 Å². The SMILES string of the molecule is C=CCNC(=O)CN1[C@H]2CC[C@H]1CC(O)(c1ccccn1)C2. The number of nitrogens with zero attached hydrogens (tertiary/aromatic N) is 2. The molecule has 22 heavy (non-hydrogen) atoms. The average Bonchev–Trinajstić information content (AvgIpc) is 2.77. The fourth-order valence-electron chi connectivity index (χ4n) is 3.83. The Labute approximate surface area is 131 Å². The molecule has 2 N–H and O–H groups in total. The molecule has 0 aliphatic carbocycles. The Hall–Kier alpha value is -1.72. The van der Waals surface area contributed by atoms with Crippen LogP contribution in [0.1, 0.15) is 31.4 Å². The van der Waals surface area contributed by atoms with Crippen LogP contribution < -0.4 is 5.32 Å². The molecule has 2 aliphatic rings. The van der Waals surface area contributed by atoms with Crippen LogP contribution in [0.25, 0.3) is 0 Å². The number of aliphatic hydroxyl groups is 1. The van der Waals surface area contributed by atoms with Crippen molar-refractivity contribution in [3.8, 4) is 0 Å². The van der Waals surface area contributed by atoms with Gasteiger partial charge in [-0.3, -0.25) is 14.7 Å². The van der Waals surface area contributed by atoms with Crippen molar-refractivity contribution in [3.63, 3.8) is 0 Å². The lowest BCUT2D eigenvalue weighted by atomic mass is 9.83. The average molecular weight is 301 g/mol. The van der Waals surface area contributed by atoms with E-state index in [0.717, 1.165) is 18.5 Å². The van der Waals surface area contributed by atoms with Gasteiger partial charge in [0.15, 0.2) is 0 Å². The fourth-order valence-corrected chi connectivity index (χ4v) is 3.83. The van der Waals surface area contributed by atoms with Crippen LogP contribution in [-0.2, 0) is 10.4 Å². The number of fused-ring (bicyclic) bond motifs is 2. The van der Waals surface area contributed by atoms with Gasteiger partial charge in [0.1, 0.15) is 5.60 Å². The summed E-state index contributed by atoms with van der Waals surface area (Å²) < 4.78 is 0. The quantitative estimate of drug-likeness (QED) is 0.802. The molecule has 0 radical (unpaired) electrons. The molecule has 2 saturated heterocycles. The van der Waals surface area contributed by atoms with Crippen LogP contribution in [0.5, 0.6) is 0 Å². The highest BCUT2D eigenvalue weighted by Gasteiger charge is 2.49. The van der Waals surface area contributed by atoms with Gasteiger partial charge in [0, 0.05) is 24.8 Å². The maximum atomic E-state index is 11.9. The van der Waals surface area contributed by atoms with Gasteiger partial charge in [0.05, 0.1) is 12.2 Å². The van der Waals surface area contributed by atoms with Crippen molar-refractivity contribution in [1.82, 2.24) is 15.2 Å². The third-order valence-electron chi connectivity index (χ3n) is 4.83. The predicted octanol–water partition coefficient (Wildman–Crippen LogP) is 1.20. The van der Waals surface area contributed by atoms with Crippen molar-refractivity contribution in [2.75, 3.05) is 13.1 Å². The Morgan fingerprint density at radius 3 is 2.77 bits per heavy atom. The number of amides is 1. The summed E-state index contributed by atoms with van der Waals surface area (Å²) in [7, 11) is 0. The highest BCUT2D eigenvalue weighted by Crippen LogP contribution is 2.44. The number of nitrogens with one attached hydrogen (secondary N) is 1. The zero-order valence-corrected chi connectivity index (χ0v) is 12.7. The van der Waals surface area contributed by atoms with E-state index in [2.05, 4.69) is 21.8 Å². The number of carbonyl (C=O) groups excluding carboxylic acids is 1. The number of piperidine rings is 1. The first-order valence-corrected chi connectivity index (χ1v) is 7.89. The molecular weight excluding hydrogens is 278 g/mol. The van der Waals surface area contributed by atoms with Crippen LogP contribution in [0.3, 0.4) is 0 Å². The van der Waals surface area contributed by atoms with E-state index in [-0.39, 0.29) is 18.0 Å². The fraction of sp³-hybridized carbons (Fsp3) is 0.529. The van der Waals surface area contributed by atoms with Gasteiger partial charge in [-0.15, -0.1) is 6.58 Å². The van der Waals surface area contributed by atoms with Gasteiger partial charge >= 0.3 is 0 Å². The van der Waals surface area contributed by atoms with Crippen molar-refractivity contribution in [2.45, 2.75) is 43.4 Å². The van der Waals surface area contributed by atoms with E-state index < -0.39 is 5.60 Å². The zero-order valence-electron chi connectivity index (χ0n) is 12.7. The first kappa shape index (κ1) is 15.2. The lowest BCUT2D eigenvalue weighted by Crippen LogP contribution is -2.52. The van der Waals surface area contributed by atoms with Crippen molar-refractivity contribution in [3.05, 3.63) is 42.7 Å². The lowest BCUT2D eigenvalue weighted by Gasteiger charge is -2.43. The molecule has 2 atom stereocenters. The Kier molecular flexibility index (Phi) is 4.27. The number of hydrogen-bond acceptors (Lipinski definition) is 4. The van der Waals surface area contributed by atoms with E-state index in [9.17, 15) is 9.90 Å². The summed E-state index contributed by atoms with van der Waals surface area (Å²) in [5.41, 5.74) is -0.107.